The Balaban J connectivity index is 1.34. The van der Waals surface area contributed by atoms with E-state index in [2.05, 4.69) is 33.0 Å². The SMILES string of the molecule is CC(=O)NCC(C)CCC[C@@H](C)[C@H]1CC[C@H]2[C@@H]3CCC4CCCC[C@]4(C)[C@H]3CC[C@]12C. The minimum absolute atomic E-state index is 0.108. The van der Waals surface area contributed by atoms with E-state index < -0.39 is 0 Å². The van der Waals surface area contributed by atoms with Gasteiger partial charge in [-0.05, 0) is 110 Å². The summed E-state index contributed by atoms with van der Waals surface area (Å²) in [6.45, 7) is 12.8. The van der Waals surface area contributed by atoms with Gasteiger partial charge in [0.2, 0.25) is 5.91 Å². The van der Waals surface area contributed by atoms with E-state index in [4.69, 9.17) is 0 Å². The van der Waals surface area contributed by atoms with E-state index in [0.717, 1.165) is 42.1 Å². The average molecular weight is 430 g/mol. The zero-order valence-corrected chi connectivity index (χ0v) is 21.3. The van der Waals surface area contributed by atoms with Crippen molar-refractivity contribution >= 4 is 5.91 Å². The van der Waals surface area contributed by atoms with Crippen LogP contribution in [-0.2, 0) is 4.79 Å². The number of carbonyl (C=O) groups is 1. The normalized spacial score (nSPS) is 44.0. The molecule has 31 heavy (non-hydrogen) atoms. The van der Waals surface area contributed by atoms with E-state index in [1.165, 1.54) is 77.0 Å². The standard InChI is InChI=1S/C29H51NO/c1-20(19-30-22(3)31)9-8-10-21(2)25-14-15-26-24-13-12-23-11-6-7-17-28(23,4)27(24)16-18-29(25,26)5/h20-21,23-27H,6-19H2,1-5H3,(H,30,31)/t20?,21-,23?,24+,25-,26+,27+,28+,29-/m1/s1. The molecule has 0 radical (unpaired) electrons. The van der Waals surface area contributed by atoms with Crippen molar-refractivity contribution in [1.29, 1.82) is 0 Å². The number of nitrogens with one attached hydrogen (secondary N) is 1. The number of rotatable bonds is 7. The Morgan fingerprint density at radius 2 is 1.68 bits per heavy atom. The van der Waals surface area contributed by atoms with E-state index in [0.29, 0.717) is 16.7 Å². The minimum Gasteiger partial charge on any atom is -0.356 e. The largest absolute Gasteiger partial charge is 0.356 e. The summed E-state index contributed by atoms with van der Waals surface area (Å²) in [6.07, 6.45) is 19.2. The summed E-state index contributed by atoms with van der Waals surface area (Å²) in [5.41, 5.74) is 1.29. The molecule has 4 aliphatic rings. The lowest BCUT2D eigenvalue weighted by atomic mass is 9.44. The maximum atomic E-state index is 11.2. The van der Waals surface area contributed by atoms with Gasteiger partial charge in [-0.1, -0.05) is 53.4 Å². The summed E-state index contributed by atoms with van der Waals surface area (Å²) in [5.74, 6) is 6.64. The predicted molar refractivity (Wildman–Crippen MR) is 131 cm³/mol. The Labute approximate surface area is 193 Å². The maximum Gasteiger partial charge on any atom is 0.216 e. The second kappa shape index (κ2) is 9.38. The molecular formula is C29H51NO. The molecule has 178 valence electrons. The lowest BCUT2D eigenvalue weighted by Crippen LogP contribution is -2.53. The molecule has 0 spiro atoms. The molecule has 2 nitrogen and oxygen atoms in total. The summed E-state index contributed by atoms with van der Waals surface area (Å²) in [5, 5.41) is 2.99. The number of hydrogen-bond donors (Lipinski definition) is 1. The molecule has 1 N–H and O–H groups in total. The molecule has 0 heterocycles. The topological polar surface area (TPSA) is 29.1 Å². The molecule has 2 unspecified atom stereocenters. The van der Waals surface area contributed by atoms with Crippen LogP contribution in [0.5, 0.6) is 0 Å². The van der Waals surface area contributed by atoms with Gasteiger partial charge < -0.3 is 5.32 Å². The molecule has 4 saturated carbocycles. The molecule has 1 amide bonds. The first-order chi connectivity index (χ1) is 14.8. The van der Waals surface area contributed by atoms with Crippen LogP contribution in [0.2, 0.25) is 0 Å². The summed E-state index contributed by atoms with van der Waals surface area (Å²) in [7, 11) is 0. The summed E-state index contributed by atoms with van der Waals surface area (Å²) in [6, 6.07) is 0. The lowest BCUT2D eigenvalue weighted by molar-refractivity contribution is -0.119. The van der Waals surface area contributed by atoms with Gasteiger partial charge in [-0.2, -0.15) is 0 Å². The highest BCUT2D eigenvalue weighted by Crippen LogP contribution is 2.68. The van der Waals surface area contributed by atoms with Crippen LogP contribution in [0.15, 0.2) is 0 Å². The van der Waals surface area contributed by atoms with Crippen molar-refractivity contribution in [2.75, 3.05) is 6.54 Å². The minimum atomic E-state index is 0.108. The fourth-order valence-corrected chi connectivity index (χ4v) is 9.68. The summed E-state index contributed by atoms with van der Waals surface area (Å²) < 4.78 is 0. The van der Waals surface area contributed by atoms with Gasteiger partial charge >= 0.3 is 0 Å². The Kier molecular flexibility index (Phi) is 7.15. The van der Waals surface area contributed by atoms with E-state index in [1.54, 1.807) is 13.3 Å². The van der Waals surface area contributed by atoms with Crippen molar-refractivity contribution in [2.24, 2.45) is 52.3 Å². The monoisotopic (exact) mass is 429 g/mol. The highest BCUT2D eigenvalue weighted by Gasteiger charge is 2.59. The molecule has 0 aromatic heterocycles. The van der Waals surface area contributed by atoms with Crippen molar-refractivity contribution in [1.82, 2.24) is 5.32 Å². The van der Waals surface area contributed by atoms with Crippen molar-refractivity contribution in [3.05, 3.63) is 0 Å². The number of fused-ring (bicyclic) bond motifs is 5. The molecule has 4 fully saturated rings. The smallest absolute Gasteiger partial charge is 0.216 e. The van der Waals surface area contributed by atoms with Crippen LogP contribution < -0.4 is 5.32 Å². The Hall–Kier alpha value is -0.530. The predicted octanol–water partition coefficient (Wildman–Crippen LogP) is 7.61. The van der Waals surface area contributed by atoms with Gasteiger partial charge in [-0.3, -0.25) is 4.79 Å². The zero-order chi connectivity index (χ0) is 22.2. The molecule has 0 aliphatic heterocycles. The van der Waals surface area contributed by atoms with Crippen molar-refractivity contribution in [3.63, 3.8) is 0 Å². The zero-order valence-electron chi connectivity index (χ0n) is 21.3. The molecule has 0 aromatic rings. The number of amides is 1. The third kappa shape index (κ3) is 4.48. The molecule has 2 heteroatoms. The first-order valence-electron chi connectivity index (χ1n) is 14.0. The van der Waals surface area contributed by atoms with Gasteiger partial charge in [0.05, 0.1) is 0 Å². The van der Waals surface area contributed by atoms with Crippen LogP contribution >= 0.6 is 0 Å². The maximum absolute atomic E-state index is 11.2. The molecule has 0 bridgehead atoms. The second-order valence-electron chi connectivity index (χ2n) is 13.1. The van der Waals surface area contributed by atoms with Crippen LogP contribution in [0.3, 0.4) is 0 Å². The van der Waals surface area contributed by atoms with Gasteiger partial charge in [-0.25, -0.2) is 0 Å². The highest BCUT2D eigenvalue weighted by molar-refractivity contribution is 5.72. The first kappa shape index (κ1) is 23.6. The van der Waals surface area contributed by atoms with E-state index in [1.807, 2.05) is 0 Å². The van der Waals surface area contributed by atoms with Crippen LogP contribution in [0, 0.1) is 52.3 Å². The van der Waals surface area contributed by atoms with Crippen LogP contribution in [0.1, 0.15) is 118 Å². The third-order valence-electron chi connectivity index (χ3n) is 11.4. The van der Waals surface area contributed by atoms with Crippen LogP contribution in [-0.4, -0.2) is 12.5 Å². The van der Waals surface area contributed by atoms with Gasteiger partial charge in [0.15, 0.2) is 0 Å². The highest BCUT2D eigenvalue weighted by atomic mass is 16.1. The van der Waals surface area contributed by atoms with Crippen LogP contribution in [0.4, 0.5) is 0 Å². The number of carbonyl (C=O) groups excluding carboxylic acids is 1. The third-order valence-corrected chi connectivity index (χ3v) is 11.4. The molecule has 0 saturated heterocycles. The Morgan fingerprint density at radius 3 is 2.45 bits per heavy atom. The van der Waals surface area contributed by atoms with Gasteiger partial charge in [0, 0.05) is 13.5 Å². The lowest BCUT2D eigenvalue weighted by Gasteiger charge is -2.61. The fourth-order valence-electron chi connectivity index (χ4n) is 9.68. The molecule has 4 rings (SSSR count). The first-order valence-corrected chi connectivity index (χ1v) is 14.0. The van der Waals surface area contributed by atoms with E-state index in [-0.39, 0.29) is 5.91 Å². The van der Waals surface area contributed by atoms with Gasteiger partial charge in [0.25, 0.3) is 0 Å². The quantitative estimate of drug-likeness (QED) is 0.443. The molecule has 0 aromatic carbocycles. The van der Waals surface area contributed by atoms with Gasteiger partial charge in [-0.15, -0.1) is 0 Å². The van der Waals surface area contributed by atoms with E-state index >= 15 is 0 Å². The van der Waals surface area contributed by atoms with Crippen molar-refractivity contribution < 1.29 is 4.79 Å². The Morgan fingerprint density at radius 1 is 0.903 bits per heavy atom. The fraction of sp³-hybridized carbons (Fsp3) is 0.966. The molecule has 4 aliphatic carbocycles. The van der Waals surface area contributed by atoms with Crippen LogP contribution in [0.25, 0.3) is 0 Å². The Bertz CT molecular complexity index is 630. The summed E-state index contributed by atoms with van der Waals surface area (Å²) >= 11 is 0. The van der Waals surface area contributed by atoms with Gasteiger partial charge in [0.1, 0.15) is 0 Å². The average Bonchev–Trinajstić information content (AvgIpc) is 3.09. The molecule has 9 atom stereocenters. The van der Waals surface area contributed by atoms with Crippen molar-refractivity contribution in [3.8, 4) is 0 Å². The summed E-state index contributed by atoms with van der Waals surface area (Å²) in [4.78, 5) is 11.2. The molecular weight excluding hydrogens is 378 g/mol. The van der Waals surface area contributed by atoms with Crippen molar-refractivity contribution in [2.45, 2.75) is 118 Å². The number of hydrogen-bond acceptors (Lipinski definition) is 1. The second-order valence-corrected chi connectivity index (χ2v) is 13.1. The van der Waals surface area contributed by atoms with E-state index in [9.17, 15) is 4.79 Å².